The first kappa shape index (κ1) is 29.5. The Kier molecular flexibility index (Phi) is 10.8. The number of hydrogen-bond acceptors (Lipinski definition) is 10. The third kappa shape index (κ3) is 8.77. The summed E-state index contributed by atoms with van der Waals surface area (Å²) in [6.45, 7) is 3.38. The number of anilines is 3. The van der Waals surface area contributed by atoms with Crippen molar-refractivity contribution in [3.63, 3.8) is 0 Å². The van der Waals surface area contributed by atoms with Crippen molar-refractivity contribution < 1.29 is 19.0 Å². The van der Waals surface area contributed by atoms with Crippen molar-refractivity contribution in [2.24, 2.45) is 11.8 Å². The average molecular weight is 576 g/mol. The molecule has 1 aromatic heterocycles. The van der Waals surface area contributed by atoms with Crippen LogP contribution in [0.4, 0.5) is 17.8 Å². The Bertz CT molecular complexity index is 1260. The minimum Gasteiger partial charge on any atom is -0.497 e. The number of carbonyl (C=O) groups is 1. The highest BCUT2D eigenvalue weighted by Crippen LogP contribution is 2.45. The zero-order chi connectivity index (χ0) is 29.0. The Hall–Kier alpha value is -3.96. The molecule has 0 radical (unpaired) electrons. The van der Waals surface area contributed by atoms with Crippen LogP contribution in [0.15, 0.2) is 54.6 Å². The molecule has 0 spiro atoms. The van der Waals surface area contributed by atoms with Crippen LogP contribution in [-0.2, 0) is 16.0 Å². The van der Waals surface area contributed by atoms with Gasteiger partial charge in [-0.1, -0.05) is 36.8 Å². The number of carbonyl (C=O) groups excluding carboxylic acids is 1. The Morgan fingerprint density at radius 1 is 0.810 bits per heavy atom. The number of nitrogens with zero attached hydrogens (tertiary/aromatic N) is 3. The summed E-state index contributed by atoms with van der Waals surface area (Å²) in [5.74, 6) is 3.86. The third-order valence-corrected chi connectivity index (χ3v) is 7.77. The molecule has 2 bridgehead atoms. The number of fused-ring (bicyclic) bond motifs is 2. The van der Waals surface area contributed by atoms with E-state index in [4.69, 9.17) is 14.2 Å². The number of nitrogens with one attached hydrogen (secondary N) is 4. The van der Waals surface area contributed by atoms with Crippen molar-refractivity contribution in [3.8, 4) is 5.75 Å². The van der Waals surface area contributed by atoms with Crippen LogP contribution in [0.25, 0.3) is 0 Å². The predicted molar refractivity (Wildman–Crippen MR) is 162 cm³/mol. The average Bonchev–Trinajstić information content (AvgIpc) is 3.65. The Morgan fingerprint density at radius 3 is 2.21 bits per heavy atom. The summed E-state index contributed by atoms with van der Waals surface area (Å²) >= 11 is 0. The fourth-order valence-corrected chi connectivity index (χ4v) is 5.60. The summed E-state index contributed by atoms with van der Waals surface area (Å²) < 4.78 is 16.5. The molecule has 224 valence electrons. The van der Waals surface area contributed by atoms with Crippen LogP contribution in [0.3, 0.4) is 0 Å². The number of ether oxygens (including phenoxy) is 3. The van der Waals surface area contributed by atoms with Gasteiger partial charge in [0.2, 0.25) is 17.8 Å². The Morgan fingerprint density at radius 2 is 1.52 bits per heavy atom. The maximum Gasteiger partial charge on any atom is 0.251 e. The minimum atomic E-state index is -0.104. The standard InChI is InChI=1S/C31H41N7O4/c1-40-26-11-8-22(9-12-26)21-34-30-36-29(37-31(38-30)35-27-20-23-7-10-25(27)19-23)33-14-16-42-18-17-41-15-13-32-28(39)24-5-3-2-4-6-24/h2-6,8-9,11-12,23,25,27H,7,10,13-21H2,1H3,(H,32,39)(H3,33,34,35,36,37,38). The Balaban J connectivity index is 1.03. The second kappa shape index (κ2) is 15.3. The highest BCUT2D eigenvalue weighted by atomic mass is 16.5. The molecular formula is C31H41N7O4. The van der Waals surface area contributed by atoms with E-state index in [0.717, 1.165) is 17.2 Å². The molecule has 5 rings (SSSR count). The van der Waals surface area contributed by atoms with E-state index in [2.05, 4.69) is 36.2 Å². The smallest absolute Gasteiger partial charge is 0.251 e. The third-order valence-electron chi connectivity index (χ3n) is 7.77. The van der Waals surface area contributed by atoms with Crippen LogP contribution in [0.5, 0.6) is 5.75 Å². The molecule has 4 N–H and O–H groups in total. The first-order valence-electron chi connectivity index (χ1n) is 14.8. The fraction of sp³-hybridized carbons (Fsp3) is 0.484. The number of rotatable bonds is 17. The lowest BCUT2D eigenvalue weighted by atomic mass is 9.95. The van der Waals surface area contributed by atoms with Crippen LogP contribution in [0, 0.1) is 11.8 Å². The van der Waals surface area contributed by atoms with Crippen LogP contribution in [0.2, 0.25) is 0 Å². The number of benzene rings is 2. The summed E-state index contributed by atoms with van der Waals surface area (Å²) in [6.07, 6.45) is 5.12. The van der Waals surface area contributed by atoms with Gasteiger partial charge < -0.3 is 35.5 Å². The lowest BCUT2D eigenvalue weighted by Crippen LogP contribution is -2.27. The van der Waals surface area contributed by atoms with Crippen molar-refractivity contribution in [1.29, 1.82) is 0 Å². The van der Waals surface area contributed by atoms with E-state index < -0.39 is 0 Å². The van der Waals surface area contributed by atoms with Gasteiger partial charge in [0.05, 0.1) is 33.5 Å². The molecular weight excluding hydrogens is 534 g/mol. The van der Waals surface area contributed by atoms with Gasteiger partial charge in [-0.25, -0.2) is 0 Å². The molecule has 2 aliphatic carbocycles. The predicted octanol–water partition coefficient (Wildman–Crippen LogP) is 3.97. The SMILES string of the molecule is COc1ccc(CNc2nc(NCCOCCOCCNC(=O)c3ccccc3)nc(NC3CC4CCC3C4)n2)cc1. The lowest BCUT2D eigenvalue weighted by Gasteiger charge is -2.23. The molecule has 0 aliphatic heterocycles. The van der Waals surface area contributed by atoms with E-state index in [-0.39, 0.29) is 5.91 Å². The molecule has 2 aromatic carbocycles. The van der Waals surface area contributed by atoms with Crippen LogP contribution >= 0.6 is 0 Å². The van der Waals surface area contributed by atoms with Crippen molar-refractivity contribution in [2.45, 2.75) is 38.3 Å². The van der Waals surface area contributed by atoms with Gasteiger partial charge in [0.25, 0.3) is 5.91 Å². The first-order valence-corrected chi connectivity index (χ1v) is 14.8. The molecule has 3 atom stereocenters. The van der Waals surface area contributed by atoms with Crippen molar-refractivity contribution in [1.82, 2.24) is 20.3 Å². The summed E-state index contributed by atoms with van der Waals surface area (Å²) in [4.78, 5) is 25.9. The monoisotopic (exact) mass is 575 g/mol. The topological polar surface area (TPSA) is 132 Å². The minimum absolute atomic E-state index is 0.104. The normalized spacial score (nSPS) is 18.9. The summed E-state index contributed by atoms with van der Waals surface area (Å²) in [6, 6.07) is 17.5. The van der Waals surface area contributed by atoms with Gasteiger partial charge in [-0.05, 0) is 60.9 Å². The highest BCUT2D eigenvalue weighted by Gasteiger charge is 2.39. The number of methoxy groups -OCH3 is 1. The summed E-state index contributed by atoms with van der Waals surface area (Å²) in [5.41, 5.74) is 1.74. The second-order valence-corrected chi connectivity index (χ2v) is 10.7. The fourth-order valence-electron chi connectivity index (χ4n) is 5.60. The van der Waals surface area contributed by atoms with Gasteiger partial charge in [-0.2, -0.15) is 15.0 Å². The molecule has 42 heavy (non-hydrogen) atoms. The van der Waals surface area contributed by atoms with Gasteiger partial charge >= 0.3 is 0 Å². The van der Waals surface area contributed by atoms with E-state index in [9.17, 15) is 4.79 Å². The van der Waals surface area contributed by atoms with E-state index >= 15 is 0 Å². The van der Waals surface area contributed by atoms with Crippen molar-refractivity contribution in [3.05, 3.63) is 65.7 Å². The zero-order valence-electron chi connectivity index (χ0n) is 24.2. The largest absolute Gasteiger partial charge is 0.497 e. The number of aromatic nitrogens is 3. The first-order chi connectivity index (χ1) is 20.7. The van der Waals surface area contributed by atoms with Crippen LogP contribution in [-0.4, -0.2) is 73.5 Å². The second-order valence-electron chi connectivity index (χ2n) is 10.7. The summed E-state index contributed by atoms with van der Waals surface area (Å²) in [5, 5.41) is 13.0. The van der Waals surface area contributed by atoms with Gasteiger partial charge in [-0.15, -0.1) is 0 Å². The van der Waals surface area contributed by atoms with E-state index in [1.807, 2.05) is 42.5 Å². The van der Waals surface area contributed by atoms with E-state index in [1.54, 1.807) is 19.2 Å². The maximum atomic E-state index is 12.0. The van der Waals surface area contributed by atoms with Gasteiger partial charge in [0.15, 0.2) is 0 Å². The molecule has 2 aliphatic rings. The van der Waals surface area contributed by atoms with Crippen molar-refractivity contribution >= 4 is 23.8 Å². The van der Waals surface area contributed by atoms with Gasteiger partial charge in [0.1, 0.15) is 5.75 Å². The molecule has 11 heteroatoms. The molecule has 3 unspecified atom stereocenters. The van der Waals surface area contributed by atoms with Crippen LogP contribution < -0.4 is 26.0 Å². The molecule has 2 saturated carbocycles. The molecule has 2 fully saturated rings. The van der Waals surface area contributed by atoms with Gasteiger partial charge in [-0.3, -0.25) is 4.79 Å². The quantitative estimate of drug-likeness (QED) is 0.175. The van der Waals surface area contributed by atoms with Crippen molar-refractivity contribution in [2.75, 3.05) is 62.6 Å². The highest BCUT2D eigenvalue weighted by molar-refractivity contribution is 5.94. The summed E-state index contributed by atoms with van der Waals surface area (Å²) in [7, 11) is 1.66. The van der Waals surface area contributed by atoms with E-state index in [0.29, 0.717) is 81.4 Å². The maximum absolute atomic E-state index is 12.0. The molecule has 3 aromatic rings. The van der Waals surface area contributed by atoms with Gasteiger partial charge in [0, 0.05) is 31.2 Å². The molecule has 11 nitrogen and oxygen atoms in total. The number of amides is 1. The molecule has 1 heterocycles. The zero-order valence-corrected chi connectivity index (χ0v) is 24.2. The number of hydrogen-bond donors (Lipinski definition) is 4. The van der Waals surface area contributed by atoms with Crippen LogP contribution in [0.1, 0.15) is 41.6 Å². The molecule has 0 saturated heterocycles. The Labute approximate surface area is 247 Å². The molecule has 1 amide bonds. The lowest BCUT2D eigenvalue weighted by molar-refractivity contribution is 0.0519. The van der Waals surface area contributed by atoms with E-state index in [1.165, 1.54) is 25.7 Å².